The van der Waals surface area contributed by atoms with Crippen molar-refractivity contribution >= 4 is 5.97 Å². The van der Waals surface area contributed by atoms with E-state index < -0.39 is 0 Å². The molecule has 1 aliphatic carbocycles. The first-order valence-corrected chi connectivity index (χ1v) is 5.35. The highest BCUT2D eigenvalue weighted by Gasteiger charge is 2.36. The van der Waals surface area contributed by atoms with Gasteiger partial charge in [0, 0.05) is 18.1 Å². The Labute approximate surface area is 84.4 Å². The zero-order valence-corrected chi connectivity index (χ0v) is 8.61. The molecule has 0 aromatic rings. The van der Waals surface area contributed by atoms with Crippen LogP contribution >= 0.6 is 0 Å². The first kappa shape index (κ1) is 9.93. The van der Waals surface area contributed by atoms with Crippen LogP contribution in [0.3, 0.4) is 0 Å². The maximum Gasteiger partial charge on any atom is 0.320 e. The van der Waals surface area contributed by atoms with Gasteiger partial charge in [-0.3, -0.25) is 9.69 Å². The van der Waals surface area contributed by atoms with Crippen molar-refractivity contribution in [2.24, 2.45) is 5.73 Å². The van der Waals surface area contributed by atoms with Crippen LogP contribution in [0.4, 0.5) is 0 Å². The first-order valence-electron chi connectivity index (χ1n) is 5.35. The highest BCUT2D eigenvalue weighted by molar-refractivity contribution is 5.72. The minimum Gasteiger partial charge on any atom is -0.463 e. The van der Waals surface area contributed by atoms with Gasteiger partial charge in [0.15, 0.2) is 0 Å². The molecule has 0 aromatic carbocycles. The van der Waals surface area contributed by atoms with Crippen molar-refractivity contribution in [2.75, 3.05) is 13.2 Å². The van der Waals surface area contributed by atoms with E-state index in [1.165, 1.54) is 6.42 Å². The molecule has 80 valence electrons. The Balaban J connectivity index is 2.03. The van der Waals surface area contributed by atoms with Crippen LogP contribution < -0.4 is 5.73 Å². The zero-order chi connectivity index (χ0) is 10.1. The summed E-state index contributed by atoms with van der Waals surface area (Å²) in [5.41, 5.74) is 6.02. The average molecular weight is 198 g/mol. The van der Waals surface area contributed by atoms with E-state index in [9.17, 15) is 4.79 Å². The molecular weight excluding hydrogens is 180 g/mol. The summed E-state index contributed by atoms with van der Waals surface area (Å²) in [5.74, 6) is -0.109. The average Bonchev–Trinajstić information content (AvgIpc) is 2.56. The van der Waals surface area contributed by atoms with Crippen LogP contribution in [0, 0.1) is 0 Å². The number of carbonyl (C=O) groups is 1. The number of ether oxygens (including phenoxy) is 1. The van der Waals surface area contributed by atoms with Gasteiger partial charge in [0.05, 0.1) is 6.54 Å². The Morgan fingerprint density at radius 2 is 2.29 bits per heavy atom. The largest absolute Gasteiger partial charge is 0.463 e. The molecule has 3 unspecified atom stereocenters. The van der Waals surface area contributed by atoms with Gasteiger partial charge in [-0.05, 0) is 19.8 Å². The van der Waals surface area contributed by atoms with Crippen LogP contribution in [0.1, 0.15) is 26.2 Å². The number of rotatable bonds is 1. The molecule has 0 amide bonds. The van der Waals surface area contributed by atoms with Crippen molar-refractivity contribution in [3.8, 4) is 0 Å². The highest BCUT2D eigenvalue weighted by atomic mass is 16.5. The number of esters is 1. The van der Waals surface area contributed by atoms with Crippen LogP contribution in [0.15, 0.2) is 0 Å². The van der Waals surface area contributed by atoms with Crippen molar-refractivity contribution in [1.29, 1.82) is 0 Å². The van der Waals surface area contributed by atoms with Crippen molar-refractivity contribution in [2.45, 2.75) is 44.3 Å². The number of morpholine rings is 1. The zero-order valence-electron chi connectivity index (χ0n) is 8.61. The van der Waals surface area contributed by atoms with Gasteiger partial charge < -0.3 is 10.5 Å². The normalized spacial score (nSPS) is 39.9. The smallest absolute Gasteiger partial charge is 0.320 e. The minimum atomic E-state index is -0.109. The van der Waals surface area contributed by atoms with Crippen molar-refractivity contribution < 1.29 is 9.53 Å². The molecule has 1 aliphatic heterocycles. The summed E-state index contributed by atoms with van der Waals surface area (Å²) >= 11 is 0. The Morgan fingerprint density at radius 3 is 2.93 bits per heavy atom. The van der Waals surface area contributed by atoms with Crippen LogP contribution in [0.25, 0.3) is 0 Å². The van der Waals surface area contributed by atoms with Gasteiger partial charge in [-0.25, -0.2) is 0 Å². The van der Waals surface area contributed by atoms with Gasteiger partial charge in [0.1, 0.15) is 6.61 Å². The van der Waals surface area contributed by atoms with Gasteiger partial charge in [0.2, 0.25) is 0 Å². The van der Waals surface area contributed by atoms with Gasteiger partial charge >= 0.3 is 5.97 Å². The lowest BCUT2D eigenvalue weighted by atomic mass is 10.1. The van der Waals surface area contributed by atoms with E-state index in [0.29, 0.717) is 25.2 Å². The molecule has 0 bridgehead atoms. The number of carbonyl (C=O) groups excluding carboxylic acids is 1. The lowest BCUT2D eigenvalue weighted by Crippen LogP contribution is -2.55. The Kier molecular flexibility index (Phi) is 2.74. The van der Waals surface area contributed by atoms with E-state index in [0.717, 1.165) is 12.8 Å². The summed E-state index contributed by atoms with van der Waals surface area (Å²) in [6, 6.07) is 0.947. The fourth-order valence-corrected chi connectivity index (χ4v) is 2.48. The quantitative estimate of drug-likeness (QED) is 0.608. The highest BCUT2D eigenvalue weighted by Crippen LogP contribution is 2.25. The molecule has 4 nitrogen and oxygen atoms in total. The van der Waals surface area contributed by atoms with Gasteiger partial charge in [0.25, 0.3) is 0 Å². The van der Waals surface area contributed by atoms with E-state index in [1.807, 2.05) is 0 Å². The minimum absolute atomic E-state index is 0.109. The van der Waals surface area contributed by atoms with E-state index >= 15 is 0 Å². The summed E-state index contributed by atoms with van der Waals surface area (Å²) < 4.78 is 4.99. The molecule has 4 heteroatoms. The van der Waals surface area contributed by atoms with Gasteiger partial charge in [-0.1, -0.05) is 6.42 Å². The number of nitrogens with zero attached hydrogens (tertiary/aromatic N) is 1. The number of hydrogen-bond acceptors (Lipinski definition) is 4. The number of cyclic esters (lactones) is 1. The van der Waals surface area contributed by atoms with E-state index in [-0.39, 0.29) is 12.0 Å². The molecule has 0 aromatic heterocycles. The molecule has 14 heavy (non-hydrogen) atoms. The second-order valence-electron chi connectivity index (χ2n) is 4.37. The molecule has 1 saturated carbocycles. The number of nitrogens with two attached hydrogens (primary N) is 1. The molecule has 3 atom stereocenters. The molecule has 2 fully saturated rings. The van der Waals surface area contributed by atoms with Crippen LogP contribution in [-0.4, -0.2) is 42.1 Å². The Bertz CT molecular complexity index is 232. The van der Waals surface area contributed by atoms with Crippen LogP contribution in [0.5, 0.6) is 0 Å². The third-order valence-corrected chi connectivity index (χ3v) is 3.32. The summed E-state index contributed by atoms with van der Waals surface area (Å²) in [5, 5.41) is 0. The maximum atomic E-state index is 11.2. The van der Waals surface area contributed by atoms with Gasteiger partial charge in [-0.15, -0.1) is 0 Å². The third kappa shape index (κ3) is 1.77. The Hall–Kier alpha value is -0.610. The first-order chi connectivity index (χ1) is 6.68. The van der Waals surface area contributed by atoms with E-state index in [2.05, 4.69) is 11.8 Å². The van der Waals surface area contributed by atoms with Crippen LogP contribution in [0.2, 0.25) is 0 Å². The maximum absolute atomic E-state index is 11.2. The molecule has 1 saturated heterocycles. The number of hydrogen-bond donors (Lipinski definition) is 1. The van der Waals surface area contributed by atoms with Crippen molar-refractivity contribution in [1.82, 2.24) is 4.90 Å². The molecule has 0 radical (unpaired) electrons. The summed E-state index contributed by atoms with van der Waals surface area (Å²) in [7, 11) is 0. The molecule has 2 N–H and O–H groups in total. The fourth-order valence-electron chi connectivity index (χ4n) is 2.48. The Morgan fingerprint density at radius 1 is 1.50 bits per heavy atom. The monoisotopic (exact) mass is 198 g/mol. The van der Waals surface area contributed by atoms with E-state index in [1.54, 1.807) is 0 Å². The molecule has 2 aliphatic rings. The summed E-state index contributed by atoms with van der Waals surface area (Å²) in [6.07, 6.45) is 3.39. The van der Waals surface area contributed by atoms with Crippen molar-refractivity contribution in [3.63, 3.8) is 0 Å². The lowest BCUT2D eigenvalue weighted by Gasteiger charge is -2.38. The standard InChI is InChI=1S/C10H18N2O2/c1-7-6-14-10(13)5-12(7)9-4-2-3-8(9)11/h7-9H,2-6,11H2,1H3. The predicted molar refractivity (Wildman–Crippen MR) is 52.7 cm³/mol. The predicted octanol–water partition coefficient (Wildman–Crippen LogP) is 0.113. The second-order valence-corrected chi connectivity index (χ2v) is 4.37. The topological polar surface area (TPSA) is 55.6 Å². The second kappa shape index (κ2) is 3.87. The van der Waals surface area contributed by atoms with Crippen molar-refractivity contribution in [3.05, 3.63) is 0 Å². The van der Waals surface area contributed by atoms with Gasteiger partial charge in [-0.2, -0.15) is 0 Å². The fraction of sp³-hybridized carbons (Fsp3) is 0.900. The SMILES string of the molecule is CC1COC(=O)CN1C1CCCC1N. The summed E-state index contributed by atoms with van der Waals surface area (Å²) in [6.45, 7) is 3.03. The summed E-state index contributed by atoms with van der Waals surface area (Å²) in [4.78, 5) is 13.4. The molecular formula is C10H18N2O2. The third-order valence-electron chi connectivity index (χ3n) is 3.32. The lowest BCUT2D eigenvalue weighted by molar-refractivity contribution is -0.155. The molecule has 2 rings (SSSR count). The molecule has 0 spiro atoms. The van der Waals surface area contributed by atoms with Crippen LogP contribution in [-0.2, 0) is 9.53 Å². The van der Waals surface area contributed by atoms with E-state index in [4.69, 9.17) is 10.5 Å². The molecule has 1 heterocycles.